The zero-order valence-electron chi connectivity index (χ0n) is 9.70. The number of pyridine rings is 1. The number of anilines is 1. The fourth-order valence-electron chi connectivity index (χ4n) is 1.59. The topological polar surface area (TPSA) is 45.1 Å². The maximum Gasteiger partial charge on any atom is 0.126 e. The molecule has 0 aliphatic heterocycles. The number of nitrogens with one attached hydrogen (secondary N) is 1. The normalized spacial score (nSPS) is 14.7. The fourth-order valence-corrected chi connectivity index (χ4v) is 1.59. The van der Waals surface area contributed by atoms with Gasteiger partial charge < -0.3 is 10.4 Å². The molecule has 0 amide bonds. The zero-order valence-corrected chi connectivity index (χ0v) is 9.70. The van der Waals surface area contributed by atoms with Crippen molar-refractivity contribution < 1.29 is 5.11 Å². The summed E-state index contributed by atoms with van der Waals surface area (Å²) in [6.07, 6.45) is 0.589. The molecular weight excluding hydrogens is 188 g/mol. The first kappa shape index (κ1) is 12.0. The molecule has 0 radical (unpaired) electrons. The molecule has 0 saturated heterocycles. The fraction of sp³-hybridized carbons (Fsp3) is 0.583. The van der Waals surface area contributed by atoms with Crippen molar-refractivity contribution in [2.75, 3.05) is 11.9 Å². The van der Waals surface area contributed by atoms with Crippen LogP contribution in [0.5, 0.6) is 0 Å². The van der Waals surface area contributed by atoms with Gasteiger partial charge in [0.05, 0.1) is 6.10 Å². The van der Waals surface area contributed by atoms with E-state index in [0.29, 0.717) is 5.92 Å². The first-order valence-corrected chi connectivity index (χ1v) is 5.43. The van der Waals surface area contributed by atoms with Gasteiger partial charge in [-0.15, -0.1) is 0 Å². The van der Waals surface area contributed by atoms with Crippen molar-refractivity contribution in [3.8, 4) is 0 Å². The van der Waals surface area contributed by atoms with Crippen LogP contribution in [0.25, 0.3) is 0 Å². The van der Waals surface area contributed by atoms with Gasteiger partial charge in [0.25, 0.3) is 0 Å². The van der Waals surface area contributed by atoms with Crippen LogP contribution in [0.2, 0.25) is 0 Å². The van der Waals surface area contributed by atoms with Crippen LogP contribution in [-0.4, -0.2) is 22.7 Å². The summed E-state index contributed by atoms with van der Waals surface area (Å²) < 4.78 is 0. The molecule has 1 heterocycles. The number of nitrogens with zero attached hydrogens (tertiary/aromatic N) is 1. The molecule has 15 heavy (non-hydrogen) atoms. The van der Waals surface area contributed by atoms with Crippen molar-refractivity contribution >= 4 is 5.82 Å². The number of aliphatic hydroxyl groups excluding tert-OH is 1. The lowest BCUT2D eigenvalue weighted by Crippen LogP contribution is -2.16. The minimum absolute atomic E-state index is 0.229. The van der Waals surface area contributed by atoms with Crippen LogP contribution in [0, 0.1) is 12.8 Å². The number of hydrogen-bond donors (Lipinski definition) is 2. The van der Waals surface area contributed by atoms with Gasteiger partial charge in [0.1, 0.15) is 5.82 Å². The van der Waals surface area contributed by atoms with E-state index in [1.54, 1.807) is 0 Å². The first-order valence-electron chi connectivity index (χ1n) is 5.43. The molecule has 2 N–H and O–H groups in total. The summed E-state index contributed by atoms with van der Waals surface area (Å²) in [6, 6.07) is 5.93. The number of aromatic nitrogens is 1. The highest BCUT2D eigenvalue weighted by atomic mass is 16.3. The van der Waals surface area contributed by atoms with E-state index in [0.717, 1.165) is 24.5 Å². The van der Waals surface area contributed by atoms with Crippen LogP contribution in [0.1, 0.15) is 26.0 Å². The third kappa shape index (κ3) is 4.79. The number of aryl methyl sites for hydroxylation is 1. The van der Waals surface area contributed by atoms with Gasteiger partial charge in [0.2, 0.25) is 0 Å². The lowest BCUT2D eigenvalue weighted by Gasteiger charge is -2.14. The smallest absolute Gasteiger partial charge is 0.126 e. The standard InChI is InChI=1S/C12H20N2O/c1-9(7-11(3)15)8-13-12-6-4-5-10(2)14-12/h4-6,9,11,15H,7-8H2,1-3H3,(H,13,14)/t9-,11-/m0/s1. The van der Waals surface area contributed by atoms with E-state index in [2.05, 4.69) is 17.2 Å². The second kappa shape index (κ2) is 5.71. The van der Waals surface area contributed by atoms with Crippen molar-refractivity contribution in [3.05, 3.63) is 23.9 Å². The van der Waals surface area contributed by atoms with Gasteiger partial charge in [-0.05, 0) is 38.3 Å². The van der Waals surface area contributed by atoms with E-state index >= 15 is 0 Å². The summed E-state index contributed by atoms with van der Waals surface area (Å²) in [7, 11) is 0. The van der Waals surface area contributed by atoms with E-state index in [1.807, 2.05) is 32.0 Å². The number of aliphatic hydroxyl groups is 1. The molecule has 0 aliphatic rings. The Kier molecular flexibility index (Phi) is 4.56. The Bertz CT molecular complexity index is 299. The predicted octanol–water partition coefficient (Wildman–Crippen LogP) is 2.21. The Hall–Kier alpha value is -1.09. The molecule has 0 unspecified atom stereocenters. The maximum atomic E-state index is 9.22. The second-order valence-corrected chi connectivity index (χ2v) is 4.24. The molecular formula is C12H20N2O. The number of rotatable bonds is 5. The predicted molar refractivity (Wildman–Crippen MR) is 62.9 cm³/mol. The Morgan fingerprint density at radius 1 is 1.40 bits per heavy atom. The van der Waals surface area contributed by atoms with Gasteiger partial charge in [-0.2, -0.15) is 0 Å². The molecule has 1 rings (SSSR count). The highest BCUT2D eigenvalue weighted by Crippen LogP contribution is 2.08. The highest BCUT2D eigenvalue weighted by Gasteiger charge is 2.05. The third-order valence-electron chi connectivity index (χ3n) is 2.26. The lowest BCUT2D eigenvalue weighted by atomic mass is 10.1. The van der Waals surface area contributed by atoms with Gasteiger partial charge in [-0.3, -0.25) is 0 Å². The molecule has 0 fully saturated rings. The quantitative estimate of drug-likeness (QED) is 0.779. The van der Waals surface area contributed by atoms with Gasteiger partial charge in [0.15, 0.2) is 0 Å². The lowest BCUT2D eigenvalue weighted by molar-refractivity contribution is 0.166. The van der Waals surface area contributed by atoms with E-state index in [-0.39, 0.29) is 6.10 Å². The molecule has 0 spiro atoms. The molecule has 1 aromatic heterocycles. The Morgan fingerprint density at radius 2 is 2.13 bits per heavy atom. The van der Waals surface area contributed by atoms with E-state index in [1.165, 1.54) is 0 Å². The maximum absolute atomic E-state index is 9.22. The SMILES string of the molecule is Cc1cccc(NC[C@@H](C)C[C@H](C)O)n1. The Balaban J connectivity index is 2.36. The summed E-state index contributed by atoms with van der Waals surface area (Å²) in [6.45, 7) is 6.77. The minimum atomic E-state index is -0.229. The minimum Gasteiger partial charge on any atom is -0.393 e. The summed E-state index contributed by atoms with van der Waals surface area (Å²) in [4.78, 5) is 4.35. The largest absolute Gasteiger partial charge is 0.393 e. The molecule has 1 aromatic rings. The summed E-state index contributed by atoms with van der Waals surface area (Å²) in [5.74, 6) is 1.36. The Labute approximate surface area is 91.5 Å². The monoisotopic (exact) mass is 208 g/mol. The van der Waals surface area contributed by atoms with E-state index < -0.39 is 0 Å². The van der Waals surface area contributed by atoms with Crippen molar-refractivity contribution in [1.82, 2.24) is 4.98 Å². The van der Waals surface area contributed by atoms with Crippen LogP contribution in [0.4, 0.5) is 5.82 Å². The highest BCUT2D eigenvalue weighted by molar-refractivity contribution is 5.34. The molecule has 0 aromatic carbocycles. The third-order valence-corrected chi connectivity index (χ3v) is 2.26. The van der Waals surface area contributed by atoms with Crippen molar-refractivity contribution in [3.63, 3.8) is 0 Å². The first-order chi connectivity index (χ1) is 7.08. The van der Waals surface area contributed by atoms with Crippen molar-refractivity contribution in [1.29, 1.82) is 0 Å². The summed E-state index contributed by atoms with van der Waals surface area (Å²) in [5.41, 5.74) is 1.02. The van der Waals surface area contributed by atoms with Gasteiger partial charge in [-0.25, -0.2) is 4.98 Å². The van der Waals surface area contributed by atoms with E-state index in [9.17, 15) is 5.11 Å². The summed E-state index contributed by atoms with van der Waals surface area (Å²) >= 11 is 0. The summed E-state index contributed by atoms with van der Waals surface area (Å²) in [5, 5.41) is 12.5. The van der Waals surface area contributed by atoms with Crippen molar-refractivity contribution in [2.45, 2.75) is 33.3 Å². The number of hydrogen-bond acceptors (Lipinski definition) is 3. The van der Waals surface area contributed by atoms with Gasteiger partial charge in [0, 0.05) is 12.2 Å². The average molecular weight is 208 g/mol. The van der Waals surface area contributed by atoms with Crippen LogP contribution < -0.4 is 5.32 Å². The van der Waals surface area contributed by atoms with Crippen LogP contribution >= 0.6 is 0 Å². The van der Waals surface area contributed by atoms with Crippen LogP contribution in [-0.2, 0) is 0 Å². The molecule has 3 heteroatoms. The molecule has 0 bridgehead atoms. The van der Waals surface area contributed by atoms with Crippen molar-refractivity contribution in [2.24, 2.45) is 5.92 Å². The average Bonchev–Trinajstić information content (AvgIpc) is 2.14. The molecule has 2 atom stereocenters. The Morgan fingerprint density at radius 3 is 2.73 bits per heavy atom. The van der Waals surface area contributed by atoms with Crippen LogP contribution in [0.15, 0.2) is 18.2 Å². The van der Waals surface area contributed by atoms with Gasteiger partial charge in [-0.1, -0.05) is 13.0 Å². The second-order valence-electron chi connectivity index (χ2n) is 4.24. The zero-order chi connectivity index (χ0) is 11.3. The molecule has 0 aliphatic carbocycles. The molecule has 84 valence electrons. The van der Waals surface area contributed by atoms with Crippen LogP contribution in [0.3, 0.4) is 0 Å². The molecule has 3 nitrogen and oxygen atoms in total. The molecule has 0 saturated carbocycles. The van der Waals surface area contributed by atoms with E-state index in [4.69, 9.17) is 0 Å². The van der Waals surface area contributed by atoms with Gasteiger partial charge >= 0.3 is 0 Å².